The van der Waals surface area contributed by atoms with Gasteiger partial charge in [-0.2, -0.15) is 0 Å². The SMILES string of the molecule is CN(C)S(=O)(=O)CCN1CCN(Cc2ccco2)CC1. The highest BCUT2D eigenvalue weighted by atomic mass is 32.2. The summed E-state index contributed by atoms with van der Waals surface area (Å²) in [5.74, 6) is 1.17. The molecule has 1 aromatic rings. The van der Waals surface area contributed by atoms with Crippen LogP contribution in [-0.4, -0.2) is 75.1 Å². The van der Waals surface area contributed by atoms with E-state index in [-0.39, 0.29) is 5.75 Å². The average Bonchev–Trinajstić information content (AvgIpc) is 2.91. The zero-order chi connectivity index (χ0) is 14.6. The molecule has 1 aliphatic rings. The third kappa shape index (κ3) is 4.31. The Morgan fingerprint density at radius 3 is 2.40 bits per heavy atom. The summed E-state index contributed by atoms with van der Waals surface area (Å²) in [7, 11) is 0.0709. The number of nitrogens with zero attached hydrogens (tertiary/aromatic N) is 3. The summed E-state index contributed by atoms with van der Waals surface area (Å²) >= 11 is 0. The third-order valence-corrected chi connectivity index (χ3v) is 5.46. The lowest BCUT2D eigenvalue weighted by Gasteiger charge is -2.34. The van der Waals surface area contributed by atoms with Crippen molar-refractivity contribution in [2.45, 2.75) is 6.54 Å². The van der Waals surface area contributed by atoms with Crippen LogP contribution in [0.1, 0.15) is 5.76 Å². The number of rotatable bonds is 6. The fourth-order valence-electron chi connectivity index (χ4n) is 2.22. The molecule has 6 nitrogen and oxygen atoms in total. The molecule has 7 heteroatoms. The Labute approximate surface area is 121 Å². The largest absolute Gasteiger partial charge is 0.468 e. The summed E-state index contributed by atoms with van der Waals surface area (Å²) in [5.41, 5.74) is 0. The topological polar surface area (TPSA) is 57.0 Å². The van der Waals surface area contributed by atoms with E-state index in [2.05, 4.69) is 9.80 Å². The molecule has 1 fully saturated rings. The highest BCUT2D eigenvalue weighted by Crippen LogP contribution is 2.09. The van der Waals surface area contributed by atoms with Crippen LogP contribution in [0.2, 0.25) is 0 Å². The maximum atomic E-state index is 11.7. The molecular weight excluding hydrogens is 278 g/mol. The summed E-state index contributed by atoms with van der Waals surface area (Å²) in [5, 5.41) is 0. The van der Waals surface area contributed by atoms with Crippen molar-refractivity contribution in [2.75, 3.05) is 52.6 Å². The van der Waals surface area contributed by atoms with Gasteiger partial charge in [0.05, 0.1) is 18.6 Å². The normalized spacial score (nSPS) is 18.8. The Balaban J connectivity index is 1.72. The van der Waals surface area contributed by atoms with Crippen molar-refractivity contribution in [2.24, 2.45) is 0 Å². The zero-order valence-electron chi connectivity index (χ0n) is 12.2. The molecule has 0 aromatic carbocycles. The molecule has 0 bridgehead atoms. The Morgan fingerprint density at radius 2 is 1.85 bits per heavy atom. The molecular formula is C13H23N3O3S. The van der Waals surface area contributed by atoms with Gasteiger partial charge in [0.1, 0.15) is 5.76 Å². The summed E-state index contributed by atoms with van der Waals surface area (Å²) < 4.78 is 30.1. The minimum Gasteiger partial charge on any atom is -0.468 e. The molecule has 0 N–H and O–H groups in total. The van der Waals surface area contributed by atoms with Crippen LogP contribution in [0.3, 0.4) is 0 Å². The van der Waals surface area contributed by atoms with Crippen LogP contribution in [0.25, 0.3) is 0 Å². The van der Waals surface area contributed by atoms with Gasteiger partial charge >= 0.3 is 0 Å². The van der Waals surface area contributed by atoms with E-state index < -0.39 is 10.0 Å². The first-order valence-electron chi connectivity index (χ1n) is 6.85. The van der Waals surface area contributed by atoms with Crippen molar-refractivity contribution in [3.63, 3.8) is 0 Å². The van der Waals surface area contributed by atoms with E-state index in [1.807, 2.05) is 12.1 Å². The summed E-state index contributed by atoms with van der Waals surface area (Å²) in [4.78, 5) is 4.54. The second-order valence-electron chi connectivity index (χ2n) is 5.30. The van der Waals surface area contributed by atoms with Crippen molar-refractivity contribution in [1.82, 2.24) is 14.1 Å². The van der Waals surface area contributed by atoms with Gasteiger partial charge in [0.25, 0.3) is 0 Å². The highest BCUT2D eigenvalue weighted by Gasteiger charge is 2.20. The molecule has 2 rings (SSSR count). The third-order valence-electron chi connectivity index (χ3n) is 3.65. The molecule has 0 atom stereocenters. The van der Waals surface area contributed by atoms with E-state index in [1.165, 1.54) is 4.31 Å². The predicted octanol–water partition coefficient (Wildman–Crippen LogP) is 0.289. The van der Waals surface area contributed by atoms with Crippen molar-refractivity contribution in [1.29, 1.82) is 0 Å². The fourth-order valence-corrected chi connectivity index (χ4v) is 3.08. The van der Waals surface area contributed by atoms with Crippen LogP contribution in [0.15, 0.2) is 22.8 Å². The van der Waals surface area contributed by atoms with Crippen molar-refractivity contribution >= 4 is 10.0 Å². The molecule has 20 heavy (non-hydrogen) atoms. The Hall–Kier alpha value is -0.890. The predicted molar refractivity (Wildman–Crippen MR) is 77.9 cm³/mol. The van der Waals surface area contributed by atoms with Crippen molar-refractivity contribution in [3.8, 4) is 0 Å². The van der Waals surface area contributed by atoms with E-state index in [0.29, 0.717) is 6.54 Å². The van der Waals surface area contributed by atoms with Gasteiger partial charge in [-0.25, -0.2) is 12.7 Å². The molecule has 0 aliphatic carbocycles. The lowest BCUT2D eigenvalue weighted by molar-refractivity contribution is 0.125. The smallest absolute Gasteiger partial charge is 0.214 e. The number of hydrogen-bond acceptors (Lipinski definition) is 5. The Bertz CT molecular complexity index is 491. The fraction of sp³-hybridized carbons (Fsp3) is 0.692. The molecule has 0 amide bonds. The van der Waals surface area contributed by atoms with Gasteiger partial charge in [0, 0.05) is 46.8 Å². The first kappa shape index (κ1) is 15.5. The van der Waals surface area contributed by atoms with Crippen LogP contribution in [-0.2, 0) is 16.6 Å². The van der Waals surface area contributed by atoms with Crippen LogP contribution < -0.4 is 0 Å². The van der Waals surface area contributed by atoms with Gasteiger partial charge in [-0.15, -0.1) is 0 Å². The van der Waals surface area contributed by atoms with Crippen molar-refractivity contribution < 1.29 is 12.8 Å². The zero-order valence-corrected chi connectivity index (χ0v) is 13.0. The van der Waals surface area contributed by atoms with Crippen LogP contribution >= 0.6 is 0 Å². The van der Waals surface area contributed by atoms with Crippen LogP contribution in [0.5, 0.6) is 0 Å². The first-order valence-corrected chi connectivity index (χ1v) is 8.45. The van der Waals surface area contributed by atoms with Gasteiger partial charge in [-0.3, -0.25) is 9.80 Å². The minimum atomic E-state index is -3.09. The van der Waals surface area contributed by atoms with E-state index in [4.69, 9.17) is 4.42 Å². The second-order valence-corrected chi connectivity index (χ2v) is 7.60. The Morgan fingerprint density at radius 1 is 1.20 bits per heavy atom. The monoisotopic (exact) mass is 301 g/mol. The summed E-state index contributed by atoms with van der Waals surface area (Å²) in [6.07, 6.45) is 1.69. The van der Waals surface area contributed by atoms with Gasteiger partial charge in [-0.05, 0) is 12.1 Å². The highest BCUT2D eigenvalue weighted by molar-refractivity contribution is 7.89. The number of hydrogen-bond donors (Lipinski definition) is 0. The molecule has 0 unspecified atom stereocenters. The molecule has 1 aromatic heterocycles. The maximum Gasteiger partial charge on any atom is 0.214 e. The summed E-state index contributed by atoms with van der Waals surface area (Å²) in [6, 6.07) is 3.88. The minimum absolute atomic E-state index is 0.193. The quantitative estimate of drug-likeness (QED) is 0.756. The number of furan rings is 1. The van der Waals surface area contributed by atoms with Gasteiger partial charge in [0.2, 0.25) is 10.0 Å². The number of piperazine rings is 1. The second kappa shape index (κ2) is 6.71. The molecule has 0 radical (unpaired) electrons. The average molecular weight is 301 g/mol. The molecule has 1 aliphatic heterocycles. The standard InChI is InChI=1S/C13H23N3O3S/c1-14(2)20(17,18)11-9-15-5-7-16(8-6-15)12-13-4-3-10-19-13/h3-4,10H,5-9,11-12H2,1-2H3. The Kier molecular flexibility index (Phi) is 5.20. The lowest BCUT2D eigenvalue weighted by atomic mass is 10.3. The van der Waals surface area contributed by atoms with E-state index in [0.717, 1.165) is 38.5 Å². The van der Waals surface area contributed by atoms with Gasteiger partial charge < -0.3 is 4.42 Å². The van der Waals surface area contributed by atoms with Crippen LogP contribution in [0.4, 0.5) is 0 Å². The summed E-state index contributed by atoms with van der Waals surface area (Å²) in [6.45, 7) is 5.14. The molecule has 0 saturated carbocycles. The number of sulfonamides is 1. The van der Waals surface area contributed by atoms with Crippen molar-refractivity contribution in [3.05, 3.63) is 24.2 Å². The molecule has 114 valence electrons. The van der Waals surface area contributed by atoms with Gasteiger partial charge in [0.15, 0.2) is 0 Å². The van der Waals surface area contributed by atoms with Crippen LogP contribution in [0, 0.1) is 0 Å². The molecule has 1 saturated heterocycles. The van der Waals surface area contributed by atoms with E-state index in [9.17, 15) is 8.42 Å². The first-order chi connectivity index (χ1) is 9.47. The van der Waals surface area contributed by atoms with E-state index in [1.54, 1.807) is 20.4 Å². The molecule has 2 heterocycles. The van der Waals surface area contributed by atoms with Gasteiger partial charge in [-0.1, -0.05) is 0 Å². The molecule has 0 spiro atoms. The maximum absolute atomic E-state index is 11.7. The van der Waals surface area contributed by atoms with E-state index >= 15 is 0 Å². The lowest BCUT2D eigenvalue weighted by Crippen LogP contribution is -2.47.